The molecule has 0 aromatic carbocycles. The molecule has 0 unspecified atom stereocenters. The predicted molar refractivity (Wildman–Crippen MR) is 72.2 cm³/mol. The maximum Gasteiger partial charge on any atom is 0.410 e. The predicted octanol–water partition coefficient (Wildman–Crippen LogP) is 1.77. The van der Waals surface area contributed by atoms with Crippen LogP contribution in [0, 0.1) is 5.92 Å². The number of rotatable bonds is 4. The molecule has 0 aromatic rings. The van der Waals surface area contributed by atoms with Gasteiger partial charge in [0.1, 0.15) is 17.8 Å². The Kier molecular flexibility index (Phi) is 5.53. The summed E-state index contributed by atoms with van der Waals surface area (Å²) in [5, 5.41) is 0. The number of esters is 1. The zero-order valence-electron chi connectivity index (χ0n) is 12.6. The Morgan fingerprint density at radius 3 is 2.45 bits per heavy atom. The van der Waals surface area contributed by atoms with E-state index in [9.17, 15) is 14.4 Å². The molecule has 1 aliphatic rings. The number of nitrogens with zero attached hydrogens (tertiary/aromatic N) is 1. The van der Waals surface area contributed by atoms with Gasteiger partial charge in [-0.25, -0.2) is 4.79 Å². The van der Waals surface area contributed by atoms with E-state index >= 15 is 0 Å². The first-order valence-electron chi connectivity index (χ1n) is 6.89. The molecule has 1 rings (SSSR count). The van der Waals surface area contributed by atoms with E-state index in [0.29, 0.717) is 19.5 Å². The van der Waals surface area contributed by atoms with Crippen molar-refractivity contribution in [3.8, 4) is 0 Å². The van der Waals surface area contributed by atoms with Crippen LogP contribution in [0.4, 0.5) is 4.79 Å². The quantitative estimate of drug-likeness (QED) is 0.581. The van der Waals surface area contributed by atoms with Crippen molar-refractivity contribution in [1.82, 2.24) is 4.90 Å². The topological polar surface area (TPSA) is 72.9 Å². The standard InChI is InChI=1S/C14H23NO5/c1-5-19-12(17)8-11(16)10-6-7-15(9-10)13(18)20-14(2,3)4/h10H,5-9H2,1-4H3/t10-/m0/s1. The van der Waals surface area contributed by atoms with E-state index in [0.717, 1.165) is 0 Å². The molecule has 0 radical (unpaired) electrons. The van der Waals surface area contributed by atoms with Crippen LogP contribution in [0.25, 0.3) is 0 Å². The minimum absolute atomic E-state index is 0.172. The van der Waals surface area contributed by atoms with Crippen molar-refractivity contribution >= 4 is 17.8 Å². The second-order valence-corrected chi connectivity index (χ2v) is 5.86. The van der Waals surface area contributed by atoms with E-state index in [1.165, 1.54) is 4.90 Å². The maximum atomic E-state index is 11.9. The first-order chi connectivity index (χ1) is 9.23. The molecule has 0 bridgehead atoms. The van der Waals surface area contributed by atoms with Crippen LogP contribution in [0.5, 0.6) is 0 Å². The highest BCUT2D eigenvalue weighted by Crippen LogP contribution is 2.21. The van der Waals surface area contributed by atoms with E-state index in [1.54, 1.807) is 27.7 Å². The Hall–Kier alpha value is -1.59. The van der Waals surface area contributed by atoms with Gasteiger partial charge in [0.15, 0.2) is 0 Å². The first-order valence-corrected chi connectivity index (χ1v) is 6.89. The molecule has 0 aliphatic carbocycles. The summed E-state index contributed by atoms with van der Waals surface area (Å²) in [5.41, 5.74) is -0.551. The maximum absolute atomic E-state index is 11.9. The molecule has 6 nitrogen and oxygen atoms in total. The van der Waals surface area contributed by atoms with Gasteiger partial charge in [0.05, 0.1) is 6.61 Å². The molecule has 0 aromatic heterocycles. The zero-order valence-corrected chi connectivity index (χ0v) is 12.6. The summed E-state index contributed by atoms with van der Waals surface area (Å²) in [4.78, 5) is 36.5. The average Bonchev–Trinajstić information content (AvgIpc) is 2.75. The largest absolute Gasteiger partial charge is 0.466 e. The molecular weight excluding hydrogens is 262 g/mol. The fourth-order valence-electron chi connectivity index (χ4n) is 2.01. The van der Waals surface area contributed by atoms with Crippen LogP contribution < -0.4 is 0 Å². The minimum Gasteiger partial charge on any atom is -0.466 e. The number of Topliss-reactive ketones (excluding diaryl/α,β-unsaturated/α-hetero) is 1. The Bertz CT molecular complexity index is 386. The Labute approximate surface area is 119 Å². The summed E-state index contributed by atoms with van der Waals surface area (Å²) in [5.74, 6) is -0.977. The molecule has 0 spiro atoms. The highest BCUT2D eigenvalue weighted by atomic mass is 16.6. The van der Waals surface area contributed by atoms with Gasteiger partial charge >= 0.3 is 12.1 Å². The van der Waals surface area contributed by atoms with E-state index < -0.39 is 17.7 Å². The average molecular weight is 285 g/mol. The molecule has 1 atom stereocenters. The molecule has 1 heterocycles. The number of ketones is 1. The number of carbonyl (C=O) groups is 3. The minimum atomic E-state index is -0.551. The van der Waals surface area contributed by atoms with Crippen LogP contribution in [0.2, 0.25) is 0 Å². The fraction of sp³-hybridized carbons (Fsp3) is 0.786. The summed E-state index contributed by atoms with van der Waals surface area (Å²) in [7, 11) is 0. The number of carbonyl (C=O) groups excluding carboxylic acids is 3. The molecule has 114 valence electrons. The lowest BCUT2D eigenvalue weighted by atomic mass is 10.0. The lowest BCUT2D eigenvalue weighted by Crippen LogP contribution is -2.36. The van der Waals surface area contributed by atoms with Crippen LogP contribution in [0.3, 0.4) is 0 Å². The van der Waals surface area contributed by atoms with Gasteiger partial charge in [-0.15, -0.1) is 0 Å². The summed E-state index contributed by atoms with van der Waals surface area (Å²) >= 11 is 0. The van der Waals surface area contributed by atoms with Gasteiger partial charge in [-0.05, 0) is 34.1 Å². The lowest BCUT2D eigenvalue weighted by Gasteiger charge is -2.24. The van der Waals surface area contributed by atoms with Crippen molar-refractivity contribution in [2.45, 2.75) is 46.1 Å². The molecule has 1 aliphatic heterocycles. The Morgan fingerprint density at radius 2 is 1.90 bits per heavy atom. The van der Waals surface area contributed by atoms with Crippen LogP contribution >= 0.6 is 0 Å². The van der Waals surface area contributed by atoms with Gasteiger partial charge < -0.3 is 14.4 Å². The number of hydrogen-bond donors (Lipinski definition) is 0. The number of amides is 1. The van der Waals surface area contributed by atoms with Crippen molar-refractivity contribution in [1.29, 1.82) is 0 Å². The molecular formula is C14H23NO5. The molecule has 1 amide bonds. The van der Waals surface area contributed by atoms with Gasteiger partial charge in [-0.3, -0.25) is 9.59 Å². The second kappa shape index (κ2) is 6.72. The molecule has 6 heteroatoms. The SMILES string of the molecule is CCOC(=O)CC(=O)[C@H]1CCN(C(=O)OC(C)(C)C)C1. The van der Waals surface area contributed by atoms with Gasteiger partial charge in [0, 0.05) is 19.0 Å². The van der Waals surface area contributed by atoms with E-state index in [-0.39, 0.29) is 24.7 Å². The van der Waals surface area contributed by atoms with Crippen LogP contribution in [0.15, 0.2) is 0 Å². The van der Waals surface area contributed by atoms with Crippen molar-refractivity contribution in [2.75, 3.05) is 19.7 Å². The Balaban J connectivity index is 2.45. The zero-order chi connectivity index (χ0) is 15.3. The van der Waals surface area contributed by atoms with Gasteiger partial charge in [0.25, 0.3) is 0 Å². The fourth-order valence-corrected chi connectivity index (χ4v) is 2.01. The van der Waals surface area contributed by atoms with Crippen molar-refractivity contribution in [2.24, 2.45) is 5.92 Å². The molecule has 1 fully saturated rings. The number of hydrogen-bond acceptors (Lipinski definition) is 5. The number of ether oxygens (including phenoxy) is 2. The molecule has 0 N–H and O–H groups in total. The highest BCUT2D eigenvalue weighted by Gasteiger charge is 2.33. The Morgan fingerprint density at radius 1 is 1.25 bits per heavy atom. The normalized spacial score (nSPS) is 18.8. The molecule has 0 saturated carbocycles. The third-order valence-electron chi connectivity index (χ3n) is 2.92. The van der Waals surface area contributed by atoms with Gasteiger partial charge in [0.2, 0.25) is 0 Å². The third kappa shape index (κ3) is 5.19. The van der Waals surface area contributed by atoms with Crippen molar-refractivity contribution < 1.29 is 23.9 Å². The van der Waals surface area contributed by atoms with Crippen LogP contribution in [0.1, 0.15) is 40.5 Å². The lowest BCUT2D eigenvalue weighted by molar-refractivity contribution is -0.146. The van der Waals surface area contributed by atoms with Crippen molar-refractivity contribution in [3.63, 3.8) is 0 Å². The van der Waals surface area contributed by atoms with E-state index in [1.807, 2.05) is 0 Å². The van der Waals surface area contributed by atoms with Gasteiger partial charge in [-0.2, -0.15) is 0 Å². The monoisotopic (exact) mass is 285 g/mol. The number of likely N-dealkylation sites (tertiary alicyclic amines) is 1. The van der Waals surface area contributed by atoms with E-state index in [4.69, 9.17) is 9.47 Å². The summed E-state index contributed by atoms with van der Waals surface area (Å²) in [6, 6.07) is 0. The smallest absolute Gasteiger partial charge is 0.410 e. The second-order valence-electron chi connectivity index (χ2n) is 5.86. The molecule has 1 saturated heterocycles. The van der Waals surface area contributed by atoms with E-state index in [2.05, 4.69) is 0 Å². The first kappa shape index (κ1) is 16.5. The summed E-state index contributed by atoms with van der Waals surface area (Å²) < 4.78 is 10.0. The van der Waals surface area contributed by atoms with Crippen LogP contribution in [-0.4, -0.2) is 48.0 Å². The molecule has 20 heavy (non-hydrogen) atoms. The van der Waals surface area contributed by atoms with Crippen LogP contribution in [-0.2, 0) is 19.1 Å². The van der Waals surface area contributed by atoms with Gasteiger partial charge in [-0.1, -0.05) is 0 Å². The third-order valence-corrected chi connectivity index (χ3v) is 2.92. The van der Waals surface area contributed by atoms with Crippen molar-refractivity contribution in [3.05, 3.63) is 0 Å². The highest BCUT2D eigenvalue weighted by molar-refractivity contribution is 5.97. The summed E-state index contributed by atoms with van der Waals surface area (Å²) in [6.07, 6.45) is -0.0676. The summed E-state index contributed by atoms with van der Waals surface area (Å²) in [6.45, 7) is 8.14.